The Morgan fingerprint density at radius 3 is 3.00 bits per heavy atom. The highest BCUT2D eigenvalue weighted by atomic mass is 16.5. The van der Waals surface area contributed by atoms with Gasteiger partial charge in [-0.15, -0.1) is 5.10 Å². The van der Waals surface area contributed by atoms with E-state index >= 15 is 0 Å². The molecule has 24 heavy (non-hydrogen) atoms. The number of hydrogen-bond acceptors (Lipinski definition) is 6. The molecular formula is C17H20N4O3. The summed E-state index contributed by atoms with van der Waals surface area (Å²) in [6.45, 7) is 2.39. The molecule has 2 aromatic rings. The van der Waals surface area contributed by atoms with Gasteiger partial charge >= 0.3 is 0 Å². The maximum absolute atomic E-state index is 10.8. The van der Waals surface area contributed by atoms with Crippen LogP contribution in [-0.2, 0) is 24.3 Å². The standard InChI is InChI=1S/C17H20N4O3/c1-23-17-8-13-10-21(6-5-15(13)19-20-17)9-12-3-2-4-14(7-12)24-11-16(18)22/h2-4,7-8H,5-6,9-11H2,1H3,(H2,18,22). The minimum atomic E-state index is -0.483. The quantitative estimate of drug-likeness (QED) is 0.847. The van der Waals surface area contributed by atoms with Crippen molar-refractivity contribution in [3.63, 3.8) is 0 Å². The van der Waals surface area contributed by atoms with Gasteiger partial charge in [0, 0.05) is 32.1 Å². The van der Waals surface area contributed by atoms with E-state index in [9.17, 15) is 4.79 Å². The van der Waals surface area contributed by atoms with Crippen molar-refractivity contribution in [3.05, 3.63) is 47.2 Å². The molecule has 1 aliphatic heterocycles. The fraction of sp³-hybridized carbons (Fsp3) is 0.353. The minimum Gasteiger partial charge on any atom is -0.484 e. The molecule has 2 heterocycles. The lowest BCUT2D eigenvalue weighted by atomic mass is 10.1. The number of carbonyl (C=O) groups is 1. The van der Waals surface area contributed by atoms with Crippen molar-refractivity contribution in [1.82, 2.24) is 15.1 Å². The van der Waals surface area contributed by atoms with E-state index in [1.165, 1.54) is 0 Å². The van der Waals surface area contributed by atoms with Gasteiger partial charge in [-0.2, -0.15) is 5.10 Å². The zero-order valence-corrected chi connectivity index (χ0v) is 13.6. The summed E-state index contributed by atoms with van der Waals surface area (Å²) in [7, 11) is 1.59. The van der Waals surface area contributed by atoms with Gasteiger partial charge in [0.2, 0.25) is 5.88 Å². The number of fused-ring (bicyclic) bond motifs is 1. The van der Waals surface area contributed by atoms with Crippen molar-refractivity contribution in [3.8, 4) is 11.6 Å². The third kappa shape index (κ3) is 3.99. The van der Waals surface area contributed by atoms with Gasteiger partial charge in [-0.1, -0.05) is 12.1 Å². The number of rotatable bonds is 6. The number of amides is 1. The van der Waals surface area contributed by atoms with Gasteiger partial charge in [0.25, 0.3) is 5.91 Å². The number of methoxy groups -OCH3 is 1. The molecule has 0 aliphatic carbocycles. The molecule has 0 saturated heterocycles. The highest BCUT2D eigenvalue weighted by Gasteiger charge is 2.19. The van der Waals surface area contributed by atoms with Crippen LogP contribution >= 0.6 is 0 Å². The highest BCUT2D eigenvalue weighted by Crippen LogP contribution is 2.22. The van der Waals surface area contributed by atoms with Gasteiger partial charge in [0.15, 0.2) is 6.61 Å². The van der Waals surface area contributed by atoms with Crippen LogP contribution in [0, 0.1) is 0 Å². The number of aromatic nitrogens is 2. The predicted octanol–water partition coefficient (Wildman–Crippen LogP) is 0.908. The number of nitrogens with two attached hydrogens (primary N) is 1. The topological polar surface area (TPSA) is 90.6 Å². The molecule has 0 fully saturated rings. The van der Waals surface area contributed by atoms with Gasteiger partial charge in [-0.05, 0) is 23.3 Å². The van der Waals surface area contributed by atoms with Crippen LogP contribution in [0.2, 0.25) is 0 Å². The van der Waals surface area contributed by atoms with Crippen LogP contribution < -0.4 is 15.2 Å². The van der Waals surface area contributed by atoms with Crippen molar-refractivity contribution in [2.24, 2.45) is 5.73 Å². The Morgan fingerprint density at radius 2 is 2.21 bits per heavy atom. The smallest absolute Gasteiger partial charge is 0.255 e. The second-order valence-electron chi connectivity index (χ2n) is 5.72. The summed E-state index contributed by atoms with van der Waals surface area (Å²) in [5.74, 6) is 0.705. The van der Waals surface area contributed by atoms with E-state index in [-0.39, 0.29) is 6.61 Å². The first-order chi connectivity index (χ1) is 11.6. The molecule has 0 radical (unpaired) electrons. The van der Waals surface area contributed by atoms with Gasteiger partial charge in [-0.3, -0.25) is 9.69 Å². The van der Waals surface area contributed by atoms with E-state index in [0.717, 1.165) is 42.9 Å². The second kappa shape index (κ2) is 7.27. The first kappa shape index (κ1) is 16.2. The lowest BCUT2D eigenvalue weighted by Gasteiger charge is -2.28. The maximum Gasteiger partial charge on any atom is 0.255 e. The molecule has 0 atom stereocenters. The summed E-state index contributed by atoms with van der Waals surface area (Å²) in [5, 5.41) is 8.24. The van der Waals surface area contributed by atoms with Crippen LogP contribution in [0.3, 0.4) is 0 Å². The van der Waals surface area contributed by atoms with Crippen LogP contribution in [0.4, 0.5) is 0 Å². The zero-order valence-electron chi connectivity index (χ0n) is 13.6. The summed E-state index contributed by atoms with van der Waals surface area (Å²) in [6, 6.07) is 9.65. The van der Waals surface area contributed by atoms with Crippen LogP contribution in [0.5, 0.6) is 11.6 Å². The number of benzene rings is 1. The molecule has 7 heteroatoms. The van der Waals surface area contributed by atoms with E-state index in [4.69, 9.17) is 15.2 Å². The third-order valence-electron chi connectivity index (χ3n) is 3.89. The van der Waals surface area contributed by atoms with Gasteiger partial charge in [0.05, 0.1) is 12.8 Å². The summed E-state index contributed by atoms with van der Waals surface area (Å²) >= 11 is 0. The molecule has 0 spiro atoms. The average Bonchev–Trinajstić information content (AvgIpc) is 2.59. The molecule has 1 amide bonds. The monoisotopic (exact) mass is 328 g/mol. The van der Waals surface area contributed by atoms with E-state index in [2.05, 4.69) is 15.1 Å². The van der Waals surface area contributed by atoms with Crippen LogP contribution in [0.25, 0.3) is 0 Å². The lowest BCUT2D eigenvalue weighted by molar-refractivity contribution is -0.119. The third-order valence-corrected chi connectivity index (χ3v) is 3.89. The fourth-order valence-electron chi connectivity index (χ4n) is 2.75. The zero-order chi connectivity index (χ0) is 16.9. The van der Waals surface area contributed by atoms with Crippen LogP contribution in [0.15, 0.2) is 30.3 Å². The molecule has 0 unspecified atom stereocenters. The number of primary amides is 1. The maximum atomic E-state index is 10.8. The van der Waals surface area contributed by atoms with E-state index in [1.54, 1.807) is 7.11 Å². The van der Waals surface area contributed by atoms with Crippen LogP contribution in [0.1, 0.15) is 16.8 Å². The molecule has 0 saturated carbocycles. The SMILES string of the molecule is COc1cc2c(nn1)CCN(Cc1cccc(OCC(N)=O)c1)C2. The molecule has 126 valence electrons. The predicted molar refractivity (Wildman–Crippen MR) is 87.5 cm³/mol. The number of ether oxygens (including phenoxy) is 2. The van der Waals surface area contributed by atoms with Crippen molar-refractivity contribution < 1.29 is 14.3 Å². The van der Waals surface area contributed by atoms with Crippen molar-refractivity contribution in [1.29, 1.82) is 0 Å². The van der Waals surface area contributed by atoms with Gasteiger partial charge < -0.3 is 15.2 Å². The highest BCUT2D eigenvalue weighted by molar-refractivity contribution is 5.75. The summed E-state index contributed by atoms with van der Waals surface area (Å²) in [6.07, 6.45) is 0.865. The van der Waals surface area contributed by atoms with E-state index in [0.29, 0.717) is 11.6 Å². The molecule has 0 bridgehead atoms. The largest absolute Gasteiger partial charge is 0.484 e. The lowest BCUT2D eigenvalue weighted by Crippen LogP contribution is -2.31. The molecule has 3 rings (SSSR count). The van der Waals surface area contributed by atoms with Crippen molar-refractivity contribution in [2.45, 2.75) is 19.5 Å². The second-order valence-corrected chi connectivity index (χ2v) is 5.72. The molecule has 1 aromatic carbocycles. The Hall–Kier alpha value is -2.67. The van der Waals surface area contributed by atoms with Crippen molar-refractivity contribution >= 4 is 5.91 Å². The first-order valence-electron chi connectivity index (χ1n) is 7.76. The molecule has 1 aliphatic rings. The Morgan fingerprint density at radius 1 is 1.33 bits per heavy atom. The molecule has 1 aromatic heterocycles. The Bertz CT molecular complexity index is 736. The fourth-order valence-corrected chi connectivity index (χ4v) is 2.75. The normalized spacial score (nSPS) is 14.0. The average molecular weight is 328 g/mol. The summed E-state index contributed by atoms with van der Waals surface area (Å²) in [5.41, 5.74) is 8.40. The minimum absolute atomic E-state index is 0.112. The number of hydrogen-bond donors (Lipinski definition) is 1. The first-order valence-corrected chi connectivity index (χ1v) is 7.76. The van der Waals surface area contributed by atoms with Gasteiger partial charge in [0.1, 0.15) is 5.75 Å². The van der Waals surface area contributed by atoms with Gasteiger partial charge in [-0.25, -0.2) is 0 Å². The van der Waals surface area contributed by atoms with Crippen molar-refractivity contribution in [2.75, 3.05) is 20.3 Å². The Kier molecular flexibility index (Phi) is 4.90. The molecule has 7 nitrogen and oxygen atoms in total. The van der Waals surface area contributed by atoms with E-state index < -0.39 is 5.91 Å². The molecular weight excluding hydrogens is 308 g/mol. The Balaban J connectivity index is 1.66. The molecule has 2 N–H and O–H groups in total. The summed E-state index contributed by atoms with van der Waals surface area (Å²) in [4.78, 5) is 13.1. The Labute approximate surface area is 140 Å². The number of carbonyl (C=O) groups excluding carboxylic acids is 1. The summed E-state index contributed by atoms with van der Waals surface area (Å²) < 4.78 is 10.5. The van der Waals surface area contributed by atoms with Crippen LogP contribution in [-0.4, -0.2) is 41.3 Å². The number of nitrogens with zero attached hydrogens (tertiary/aromatic N) is 3. The van der Waals surface area contributed by atoms with E-state index in [1.807, 2.05) is 30.3 Å².